The molecule has 5 rings (SSSR count). The van der Waals surface area contributed by atoms with E-state index in [4.69, 9.17) is 5.73 Å². The van der Waals surface area contributed by atoms with Crippen LogP contribution in [0, 0.1) is 0 Å². The number of carbonyl (C=O) groups is 2. The molecule has 0 saturated carbocycles. The van der Waals surface area contributed by atoms with Crippen LogP contribution < -0.4 is 5.73 Å². The minimum Gasteiger partial charge on any atom is -0.369 e. The summed E-state index contributed by atoms with van der Waals surface area (Å²) in [5.74, 6) is -1.53. The number of H-pyrrole nitrogens is 1. The number of Topliss-reactive ketones (excluding diaryl/α,β-unsaturated/α-hetero) is 1. The van der Waals surface area contributed by atoms with Crippen LogP contribution in [0.1, 0.15) is 39.9 Å². The molecule has 232 valence electrons. The molecule has 3 N–H and O–H groups in total. The minimum absolute atomic E-state index is 0.0112. The zero-order chi connectivity index (χ0) is 31.0. The van der Waals surface area contributed by atoms with Gasteiger partial charge in [0.15, 0.2) is 5.78 Å². The topological polar surface area (TPSA) is 85.7 Å². The minimum atomic E-state index is -5.11. The van der Waals surface area contributed by atoms with Crippen LogP contribution in [-0.2, 0) is 23.6 Å². The van der Waals surface area contributed by atoms with Crippen LogP contribution in [0.25, 0.3) is 10.9 Å². The van der Waals surface area contributed by atoms with Gasteiger partial charge >= 0.3 is 12.4 Å². The number of halogens is 6. The molecule has 2 fully saturated rings. The number of primary amides is 1. The Morgan fingerprint density at radius 3 is 2.14 bits per heavy atom. The average molecular weight is 610 g/mol. The molecule has 0 bridgehead atoms. The second kappa shape index (κ2) is 11.9. The first kappa shape index (κ1) is 31.0. The summed E-state index contributed by atoms with van der Waals surface area (Å²) in [5, 5.41) is 0.779. The van der Waals surface area contributed by atoms with Crippen molar-refractivity contribution in [1.82, 2.24) is 19.7 Å². The van der Waals surface area contributed by atoms with Crippen LogP contribution in [-0.4, -0.2) is 89.3 Å². The van der Waals surface area contributed by atoms with Gasteiger partial charge in [-0.25, -0.2) is 0 Å². The van der Waals surface area contributed by atoms with Gasteiger partial charge in [-0.1, -0.05) is 18.2 Å². The van der Waals surface area contributed by atoms with Crippen molar-refractivity contribution >= 4 is 22.6 Å². The number of likely N-dealkylation sites (tertiary alicyclic amines) is 1. The van der Waals surface area contributed by atoms with E-state index < -0.39 is 46.3 Å². The van der Waals surface area contributed by atoms with Crippen molar-refractivity contribution < 1.29 is 35.9 Å². The van der Waals surface area contributed by atoms with E-state index in [1.54, 1.807) is 11.1 Å². The number of rotatable bonds is 9. The number of para-hydroxylation sites is 1. The van der Waals surface area contributed by atoms with Crippen molar-refractivity contribution in [3.05, 3.63) is 70.9 Å². The number of aromatic amines is 1. The molecule has 43 heavy (non-hydrogen) atoms. The Labute approximate surface area is 244 Å². The van der Waals surface area contributed by atoms with E-state index >= 15 is 0 Å². The predicted molar refractivity (Wildman–Crippen MR) is 148 cm³/mol. The molecule has 2 saturated heterocycles. The lowest BCUT2D eigenvalue weighted by Crippen LogP contribution is -2.68. The number of ketones is 1. The number of hydrogen-bond donors (Lipinski definition) is 2. The highest BCUT2D eigenvalue weighted by Crippen LogP contribution is 2.39. The van der Waals surface area contributed by atoms with Gasteiger partial charge in [0.05, 0.1) is 17.7 Å². The predicted octanol–water partition coefficient (Wildman–Crippen LogP) is 4.57. The Morgan fingerprint density at radius 2 is 1.51 bits per heavy atom. The standard InChI is InChI=1S/C30H33F6N5O2/c31-29(32,33)22-13-20(14-23(15-22)30(34,35)36)27(43)28(16-21-17-38-25-6-2-1-5-24(21)25)19-40(18-26(37)42)10-12-41(28)11-9-39-7-3-4-8-39/h1-2,5-6,13-15,17,38H,3-4,7-12,16,18-19H2,(H2,37,42). The van der Waals surface area contributed by atoms with E-state index in [0.717, 1.165) is 36.8 Å². The number of benzene rings is 2. The molecular weight excluding hydrogens is 576 g/mol. The van der Waals surface area contributed by atoms with Crippen molar-refractivity contribution in [1.29, 1.82) is 0 Å². The van der Waals surface area contributed by atoms with Crippen LogP contribution in [0.15, 0.2) is 48.7 Å². The second-order valence-electron chi connectivity index (χ2n) is 11.4. The maximum absolute atomic E-state index is 14.6. The molecule has 0 aliphatic carbocycles. The summed E-state index contributed by atoms with van der Waals surface area (Å²) >= 11 is 0. The third-order valence-electron chi connectivity index (χ3n) is 8.47. The SMILES string of the molecule is NC(=O)CN1CCN(CCN2CCCC2)C(Cc2c[nH]c3ccccc23)(C(=O)c2cc(C(F)(F)F)cc(C(F)(F)F)c2)C1. The molecule has 3 aromatic rings. The lowest BCUT2D eigenvalue weighted by Gasteiger charge is -2.50. The van der Waals surface area contributed by atoms with Crippen molar-refractivity contribution in [2.45, 2.75) is 37.2 Å². The molecule has 2 aliphatic rings. The first-order valence-corrected chi connectivity index (χ1v) is 14.1. The molecule has 1 amide bonds. The number of alkyl halides is 6. The molecule has 1 aromatic heterocycles. The molecule has 13 heteroatoms. The second-order valence-corrected chi connectivity index (χ2v) is 11.4. The summed E-state index contributed by atoms with van der Waals surface area (Å²) in [4.78, 5) is 35.5. The van der Waals surface area contributed by atoms with Crippen LogP contribution in [0.3, 0.4) is 0 Å². The lowest BCUT2D eigenvalue weighted by atomic mass is 9.79. The summed E-state index contributed by atoms with van der Waals surface area (Å²) in [6.07, 6.45) is -6.48. The van der Waals surface area contributed by atoms with E-state index in [1.165, 1.54) is 0 Å². The molecule has 0 spiro atoms. The van der Waals surface area contributed by atoms with Gasteiger partial charge in [-0.05, 0) is 55.8 Å². The molecule has 2 aliphatic heterocycles. The monoisotopic (exact) mass is 609 g/mol. The summed E-state index contributed by atoms with van der Waals surface area (Å²) in [6.45, 7) is 2.98. The molecule has 1 atom stereocenters. The zero-order valence-corrected chi connectivity index (χ0v) is 23.4. The van der Waals surface area contributed by atoms with E-state index in [-0.39, 0.29) is 32.1 Å². The van der Waals surface area contributed by atoms with E-state index in [2.05, 4.69) is 9.88 Å². The Bertz CT molecular complexity index is 1450. The van der Waals surface area contributed by atoms with Crippen LogP contribution in [0.4, 0.5) is 26.3 Å². The molecule has 7 nitrogen and oxygen atoms in total. The molecule has 1 unspecified atom stereocenters. The summed E-state index contributed by atoms with van der Waals surface area (Å²) in [5.41, 5.74) is 1.54. The van der Waals surface area contributed by atoms with Crippen molar-refractivity contribution in [3.8, 4) is 0 Å². The largest absolute Gasteiger partial charge is 0.416 e. The van der Waals surface area contributed by atoms with Crippen LogP contribution in [0.2, 0.25) is 0 Å². The van der Waals surface area contributed by atoms with E-state index in [9.17, 15) is 35.9 Å². The summed E-state index contributed by atoms with van der Waals surface area (Å²) in [7, 11) is 0. The fourth-order valence-electron chi connectivity index (χ4n) is 6.39. The highest BCUT2D eigenvalue weighted by molar-refractivity contribution is 6.04. The normalized spacial score (nSPS) is 21.1. The van der Waals surface area contributed by atoms with E-state index in [0.29, 0.717) is 37.3 Å². The lowest BCUT2D eigenvalue weighted by molar-refractivity contribution is -0.143. The van der Waals surface area contributed by atoms with Crippen molar-refractivity contribution in [3.63, 3.8) is 0 Å². The Hall–Kier alpha value is -3.42. The Kier molecular flexibility index (Phi) is 8.61. The number of fused-ring (bicyclic) bond motifs is 1. The van der Waals surface area contributed by atoms with Gasteiger partial charge in [-0.15, -0.1) is 0 Å². The smallest absolute Gasteiger partial charge is 0.369 e. The molecular formula is C30H33F6N5O2. The number of hydrogen-bond acceptors (Lipinski definition) is 5. The molecule has 3 heterocycles. The highest BCUT2D eigenvalue weighted by Gasteiger charge is 2.49. The van der Waals surface area contributed by atoms with Gasteiger partial charge in [0.25, 0.3) is 0 Å². The summed E-state index contributed by atoms with van der Waals surface area (Å²) in [6, 6.07) is 8.32. The van der Waals surface area contributed by atoms with Gasteiger partial charge in [0.2, 0.25) is 5.91 Å². The summed E-state index contributed by atoms with van der Waals surface area (Å²) < 4.78 is 83.0. The number of nitrogens with zero attached hydrogens (tertiary/aromatic N) is 3. The average Bonchev–Trinajstić information content (AvgIpc) is 3.61. The van der Waals surface area contributed by atoms with Gasteiger partial charge < -0.3 is 15.6 Å². The van der Waals surface area contributed by atoms with Gasteiger partial charge in [-0.2, -0.15) is 26.3 Å². The first-order chi connectivity index (χ1) is 20.3. The van der Waals surface area contributed by atoms with Crippen molar-refractivity contribution in [2.24, 2.45) is 5.73 Å². The highest BCUT2D eigenvalue weighted by atomic mass is 19.4. The van der Waals surface area contributed by atoms with Gasteiger partial charge in [-0.3, -0.25) is 19.4 Å². The number of nitrogens with one attached hydrogen (secondary N) is 1. The van der Waals surface area contributed by atoms with Crippen LogP contribution in [0.5, 0.6) is 0 Å². The Morgan fingerprint density at radius 1 is 0.860 bits per heavy atom. The number of carbonyl (C=O) groups excluding carboxylic acids is 2. The van der Waals surface area contributed by atoms with Crippen LogP contribution >= 0.6 is 0 Å². The Balaban J connectivity index is 1.66. The third-order valence-corrected chi connectivity index (χ3v) is 8.47. The number of amides is 1. The number of nitrogens with two attached hydrogens (primary N) is 1. The maximum atomic E-state index is 14.6. The fraction of sp³-hybridized carbons (Fsp3) is 0.467. The third kappa shape index (κ3) is 6.73. The van der Waals surface area contributed by atoms with Gasteiger partial charge in [0, 0.05) is 61.8 Å². The van der Waals surface area contributed by atoms with E-state index in [1.807, 2.05) is 29.2 Å². The maximum Gasteiger partial charge on any atom is 0.416 e. The molecule has 2 aromatic carbocycles. The number of aromatic nitrogens is 1. The van der Waals surface area contributed by atoms with Gasteiger partial charge in [0.1, 0.15) is 5.54 Å². The first-order valence-electron chi connectivity index (χ1n) is 14.1. The van der Waals surface area contributed by atoms with Crippen molar-refractivity contribution in [2.75, 3.05) is 52.4 Å². The molecule has 0 radical (unpaired) electrons. The number of piperazine rings is 1. The quantitative estimate of drug-likeness (QED) is 0.275. The zero-order valence-electron chi connectivity index (χ0n) is 23.4. The fourth-order valence-corrected chi connectivity index (χ4v) is 6.39.